The van der Waals surface area contributed by atoms with Crippen LogP contribution in [0.25, 0.3) is 0 Å². The summed E-state index contributed by atoms with van der Waals surface area (Å²) in [7, 11) is 0. The van der Waals surface area contributed by atoms with Crippen LogP contribution < -0.4 is 4.74 Å². The molecule has 0 saturated heterocycles. The van der Waals surface area contributed by atoms with E-state index in [1.54, 1.807) is 38.1 Å². The van der Waals surface area contributed by atoms with Gasteiger partial charge in [-0.25, -0.2) is 0 Å². The third kappa shape index (κ3) is 5.27. The molecule has 2 unspecified atom stereocenters. The lowest BCUT2D eigenvalue weighted by Gasteiger charge is -2.29. The van der Waals surface area contributed by atoms with Crippen molar-refractivity contribution in [3.63, 3.8) is 0 Å². The van der Waals surface area contributed by atoms with Crippen LogP contribution in [0, 0.1) is 0 Å². The normalized spacial score (nSPS) is 13.3. The third-order valence-corrected chi connectivity index (χ3v) is 3.32. The zero-order valence-corrected chi connectivity index (χ0v) is 13.1. The van der Waals surface area contributed by atoms with Gasteiger partial charge in [0.1, 0.15) is 5.75 Å². The highest BCUT2D eigenvalue weighted by molar-refractivity contribution is 6.30. The number of hydrogen-bond donors (Lipinski definition) is 1. The number of aliphatic carboxylic acids is 1. The number of benzene rings is 1. The Labute approximate surface area is 129 Å². The monoisotopic (exact) mass is 313 g/mol. The van der Waals surface area contributed by atoms with Crippen LogP contribution in [0.15, 0.2) is 24.3 Å². The van der Waals surface area contributed by atoms with Gasteiger partial charge in [0.2, 0.25) is 0 Å². The van der Waals surface area contributed by atoms with Crippen molar-refractivity contribution in [1.82, 2.24) is 4.90 Å². The molecule has 0 aromatic heterocycles. The van der Waals surface area contributed by atoms with E-state index in [4.69, 9.17) is 21.4 Å². The van der Waals surface area contributed by atoms with Crippen molar-refractivity contribution < 1.29 is 19.4 Å². The molecule has 6 heteroatoms. The minimum absolute atomic E-state index is 0.0938. The first kappa shape index (κ1) is 17.3. The van der Waals surface area contributed by atoms with Gasteiger partial charge in [-0.1, -0.05) is 17.7 Å². The van der Waals surface area contributed by atoms with Crippen LogP contribution in [0.3, 0.4) is 0 Å². The maximum atomic E-state index is 12.4. The second-order valence-electron chi connectivity index (χ2n) is 4.79. The second-order valence-corrected chi connectivity index (χ2v) is 5.23. The Kier molecular flexibility index (Phi) is 6.49. The Bertz CT molecular complexity index is 506. The molecule has 0 saturated carbocycles. The van der Waals surface area contributed by atoms with Crippen LogP contribution in [0.5, 0.6) is 5.75 Å². The lowest BCUT2D eigenvalue weighted by molar-refractivity contribution is -0.143. The van der Waals surface area contributed by atoms with Crippen LogP contribution >= 0.6 is 11.6 Å². The summed E-state index contributed by atoms with van der Waals surface area (Å²) in [6.45, 7) is 5.58. The Morgan fingerprint density at radius 1 is 1.38 bits per heavy atom. The summed E-state index contributed by atoms with van der Waals surface area (Å²) >= 11 is 5.86. The van der Waals surface area contributed by atoms with Crippen molar-refractivity contribution in [2.24, 2.45) is 0 Å². The molecular formula is C15H20ClNO4. The third-order valence-electron chi connectivity index (χ3n) is 3.08. The van der Waals surface area contributed by atoms with Crippen molar-refractivity contribution >= 4 is 23.5 Å². The van der Waals surface area contributed by atoms with Gasteiger partial charge < -0.3 is 14.7 Å². The van der Waals surface area contributed by atoms with E-state index < -0.39 is 12.1 Å². The van der Waals surface area contributed by atoms with Crippen LogP contribution in [0.2, 0.25) is 5.02 Å². The highest BCUT2D eigenvalue weighted by Gasteiger charge is 2.26. The maximum absolute atomic E-state index is 12.4. The molecule has 1 amide bonds. The smallest absolute Gasteiger partial charge is 0.305 e. The summed E-state index contributed by atoms with van der Waals surface area (Å²) in [5.74, 6) is -0.673. The Morgan fingerprint density at radius 2 is 2.05 bits per heavy atom. The number of nitrogens with zero attached hydrogens (tertiary/aromatic N) is 1. The van der Waals surface area contributed by atoms with Gasteiger partial charge in [0.05, 0.1) is 6.42 Å². The molecule has 1 aromatic carbocycles. The first-order valence-electron chi connectivity index (χ1n) is 6.79. The molecule has 0 bridgehead atoms. The predicted octanol–water partition coefficient (Wildman–Crippen LogP) is 2.82. The molecule has 21 heavy (non-hydrogen) atoms. The zero-order chi connectivity index (χ0) is 16.0. The standard InChI is InChI=1S/C15H20ClNO4/c1-4-17(10(2)8-14(18)19)15(20)11(3)21-13-7-5-6-12(16)9-13/h5-7,9-11H,4,8H2,1-3H3,(H,18,19). The molecule has 0 aliphatic rings. The quantitative estimate of drug-likeness (QED) is 0.840. The summed E-state index contributed by atoms with van der Waals surface area (Å²) in [6.07, 6.45) is -0.802. The highest BCUT2D eigenvalue weighted by atomic mass is 35.5. The van der Waals surface area contributed by atoms with Gasteiger partial charge >= 0.3 is 5.97 Å². The second kappa shape index (κ2) is 7.88. The van der Waals surface area contributed by atoms with Gasteiger partial charge in [-0.2, -0.15) is 0 Å². The zero-order valence-electron chi connectivity index (χ0n) is 12.4. The number of rotatable bonds is 7. The van der Waals surface area contributed by atoms with E-state index >= 15 is 0 Å². The van der Waals surface area contributed by atoms with Gasteiger partial charge in [0, 0.05) is 17.6 Å². The molecule has 0 heterocycles. The maximum Gasteiger partial charge on any atom is 0.305 e. The summed E-state index contributed by atoms with van der Waals surface area (Å²) in [4.78, 5) is 24.6. The highest BCUT2D eigenvalue weighted by Crippen LogP contribution is 2.19. The summed E-state index contributed by atoms with van der Waals surface area (Å²) in [5.41, 5.74) is 0. The number of amides is 1. The number of carboxylic acid groups (broad SMARTS) is 1. The topological polar surface area (TPSA) is 66.8 Å². The van der Waals surface area contributed by atoms with Crippen molar-refractivity contribution in [2.45, 2.75) is 39.3 Å². The van der Waals surface area contributed by atoms with Gasteiger partial charge in [-0.05, 0) is 39.0 Å². The average Bonchev–Trinajstić information content (AvgIpc) is 2.38. The number of carbonyl (C=O) groups is 2. The molecule has 1 rings (SSSR count). The minimum Gasteiger partial charge on any atom is -0.481 e. The van der Waals surface area contributed by atoms with E-state index in [0.29, 0.717) is 17.3 Å². The van der Waals surface area contributed by atoms with Crippen LogP contribution in [-0.2, 0) is 9.59 Å². The fraction of sp³-hybridized carbons (Fsp3) is 0.467. The molecule has 0 aliphatic heterocycles. The van der Waals surface area contributed by atoms with E-state index in [1.807, 2.05) is 6.92 Å². The molecule has 5 nitrogen and oxygen atoms in total. The fourth-order valence-electron chi connectivity index (χ4n) is 2.08. The van der Waals surface area contributed by atoms with E-state index in [1.165, 1.54) is 4.90 Å². The van der Waals surface area contributed by atoms with Gasteiger partial charge in [0.15, 0.2) is 6.10 Å². The number of hydrogen-bond acceptors (Lipinski definition) is 3. The van der Waals surface area contributed by atoms with Crippen molar-refractivity contribution in [3.8, 4) is 5.75 Å². The van der Waals surface area contributed by atoms with Gasteiger partial charge in [-0.3, -0.25) is 9.59 Å². The Morgan fingerprint density at radius 3 is 2.57 bits per heavy atom. The molecular weight excluding hydrogens is 294 g/mol. The fourth-order valence-corrected chi connectivity index (χ4v) is 2.26. The molecule has 0 aliphatic carbocycles. The van der Waals surface area contributed by atoms with Crippen molar-refractivity contribution in [3.05, 3.63) is 29.3 Å². The van der Waals surface area contributed by atoms with Crippen LogP contribution in [-0.4, -0.2) is 40.6 Å². The van der Waals surface area contributed by atoms with E-state index in [2.05, 4.69) is 0 Å². The Balaban J connectivity index is 2.73. The number of carbonyl (C=O) groups excluding carboxylic acids is 1. The predicted molar refractivity (Wildman–Crippen MR) is 80.6 cm³/mol. The van der Waals surface area contributed by atoms with Crippen LogP contribution in [0.1, 0.15) is 27.2 Å². The minimum atomic E-state index is -0.933. The van der Waals surface area contributed by atoms with Crippen LogP contribution in [0.4, 0.5) is 0 Å². The summed E-state index contributed by atoms with van der Waals surface area (Å²) in [6, 6.07) is 6.41. The van der Waals surface area contributed by atoms with Crippen molar-refractivity contribution in [2.75, 3.05) is 6.54 Å². The first-order chi connectivity index (χ1) is 9.85. The summed E-state index contributed by atoms with van der Waals surface area (Å²) < 4.78 is 5.57. The van der Waals surface area contributed by atoms with E-state index in [0.717, 1.165) is 0 Å². The number of halogens is 1. The molecule has 116 valence electrons. The van der Waals surface area contributed by atoms with E-state index in [-0.39, 0.29) is 18.4 Å². The Hall–Kier alpha value is -1.75. The first-order valence-corrected chi connectivity index (χ1v) is 7.17. The molecule has 1 N–H and O–H groups in total. The summed E-state index contributed by atoms with van der Waals surface area (Å²) in [5, 5.41) is 9.36. The molecule has 0 spiro atoms. The average molecular weight is 314 g/mol. The molecule has 1 aromatic rings. The molecule has 2 atom stereocenters. The largest absolute Gasteiger partial charge is 0.481 e. The van der Waals surface area contributed by atoms with Crippen molar-refractivity contribution in [1.29, 1.82) is 0 Å². The lowest BCUT2D eigenvalue weighted by atomic mass is 10.2. The number of ether oxygens (including phenoxy) is 1. The number of likely N-dealkylation sites (N-methyl/N-ethyl adjacent to an activating group) is 1. The molecule has 0 radical (unpaired) electrons. The lowest BCUT2D eigenvalue weighted by Crippen LogP contribution is -2.45. The number of carboxylic acids is 1. The van der Waals surface area contributed by atoms with Gasteiger partial charge in [0.25, 0.3) is 5.91 Å². The van der Waals surface area contributed by atoms with E-state index in [9.17, 15) is 9.59 Å². The molecule has 0 fully saturated rings. The van der Waals surface area contributed by atoms with Gasteiger partial charge in [-0.15, -0.1) is 0 Å². The SMILES string of the molecule is CCN(C(=O)C(C)Oc1cccc(Cl)c1)C(C)CC(=O)O.